The summed E-state index contributed by atoms with van der Waals surface area (Å²) in [5.74, 6) is 2.35. The largest absolute Gasteiger partial charge is 0.497 e. The van der Waals surface area contributed by atoms with Gasteiger partial charge in [-0.2, -0.15) is 0 Å². The lowest BCUT2D eigenvalue weighted by Crippen LogP contribution is -2.26. The average molecular weight is 447 g/mol. The first kappa shape index (κ1) is 22.7. The van der Waals surface area contributed by atoms with E-state index >= 15 is 0 Å². The Labute approximate surface area is 195 Å². The van der Waals surface area contributed by atoms with Crippen LogP contribution in [-0.2, 0) is 19.6 Å². The van der Waals surface area contributed by atoms with Gasteiger partial charge in [0.25, 0.3) is 5.91 Å². The van der Waals surface area contributed by atoms with Crippen LogP contribution in [0.3, 0.4) is 0 Å². The van der Waals surface area contributed by atoms with E-state index < -0.39 is 0 Å². The highest BCUT2D eigenvalue weighted by molar-refractivity contribution is 5.94. The lowest BCUT2D eigenvalue weighted by Gasteiger charge is -2.21. The molecule has 172 valence electrons. The molecule has 6 heteroatoms. The van der Waals surface area contributed by atoms with Crippen molar-refractivity contribution in [3.63, 3.8) is 0 Å². The zero-order valence-corrected chi connectivity index (χ0v) is 19.4. The molecule has 0 saturated heterocycles. The molecule has 0 fully saturated rings. The summed E-state index contributed by atoms with van der Waals surface area (Å²) in [7, 11) is 3.33. The van der Waals surface area contributed by atoms with Crippen molar-refractivity contribution in [2.75, 3.05) is 27.4 Å². The summed E-state index contributed by atoms with van der Waals surface area (Å²) >= 11 is 0. The fraction of sp³-hybridized carbons (Fsp3) is 0.296. The summed E-state index contributed by atoms with van der Waals surface area (Å²) in [5.41, 5.74) is 4.95. The molecule has 6 nitrogen and oxygen atoms in total. The minimum atomic E-state index is -0.0939. The van der Waals surface area contributed by atoms with Crippen molar-refractivity contribution in [1.29, 1.82) is 0 Å². The fourth-order valence-electron chi connectivity index (χ4n) is 3.96. The Hall–Kier alpha value is -3.51. The summed E-state index contributed by atoms with van der Waals surface area (Å²) in [6.45, 7) is 5.26. The van der Waals surface area contributed by atoms with E-state index in [9.17, 15) is 4.79 Å². The Bertz CT molecular complexity index is 1110. The smallest absolute Gasteiger partial charge is 0.251 e. The van der Waals surface area contributed by atoms with Crippen LogP contribution in [0.15, 0.2) is 60.7 Å². The summed E-state index contributed by atoms with van der Waals surface area (Å²) in [4.78, 5) is 15.1. The van der Waals surface area contributed by atoms with Gasteiger partial charge in [-0.1, -0.05) is 29.8 Å². The second-order valence-corrected chi connectivity index (χ2v) is 8.23. The number of hydrogen-bond donors (Lipinski definition) is 1. The van der Waals surface area contributed by atoms with Crippen LogP contribution in [0.2, 0.25) is 0 Å². The van der Waals surface area contributed by atoms with Gasteiger partial charge >= 0.3 is 0 Å². The number of methoxy groups -OCH3 is 2. The van der Waals surface area contributed by atoms with Crippen LogP contribution < -0.4 is 19.5 Å². The molecule has 0 radical (unpaired) electrons. The normalized spacial score (nSPS) is 13.4. The highest BCUT2D eigenvalue weighted by Crippen LogP contribution is 2.29. The SMILES string of the molecule is COc1ccc(OC)c(CN2CCOc3ccc(C(=O)NCc4ccc(C)cc4)cc3C2)c1. The number of nitrogens with zero attached hydrogens (tertiary/aromatic N) is 1. The van der Waals surface area contributed by atoms with Gasteiger partial charge in [0.15, 0.2) is 0 Å². The predicted molar refractivity (Wildman–Crippen MR) is 128 cm³/mol. The average Bonchev–Trinajstić information content (AvgIpc) is 3.04. The van der Waals surface area contributed by atoms with Crippen LogP contribution in [0.25, 0.3) is 0 Å². The molecular formula is C27H30N2O4. The molecule has 0 aromatic heterocycles. The molecule has 3 aromatic carbocycles. The number of hydrogen-bond acceptors (Lipinski definition) is 5. The molecule has 1 aliphatic rings. The number of nitrogens with one attached hydrogen (secondary N) is 1. The molecule has 0 unspecified atom stereocenters. The van der Waals surface area contributed by atoms with Crippen LogP contribution in [0.4, 0.5) is 0 Å². The number of fused-ring (bicyclic) bond motifs is 1. The number of benzene rings is 3. The second kappa shape index (κ2) is 10.4. The molecular weight excluding hydrogens is 416 g/mol. The van der Waals surface area contributed by atoms with E-state index in [4.69, 9.17) is 14.2 Å². The fourth-order valence-corrected chi connectivity index (χ4v) is 3.96. The van der Waals surface area contributed by atoms with Crippen molar-refractivity contribution in [3.8, 4) is 17.2 Å². The molecule has 4 rings (SSSR count). The van der Waals surface area contributed by atoms with Gasteiger partial charge < -0.3 is 19.5 Å². The van der Waals surface area contributed by atoms with Gasteiger partial charge in [-0.3, -0.25) is 9.69 Å². The molecule has 0 bridgehead atoms. The number of carbonyl (C=O) groups excluding carboxylic acids is 1. The number of ether oxygens (including phenoxy) is 3. The highest BCUT2D eigenvalue weighted by Gasteiger charge is 2.19. The molecule has 1 aliphatic heterocycles. The molecule has 0 aliphatic carbocycles. The number of amides is 1. The summed E-state index contributed by atoms with van der Waals surface area (Å²) in [5, 5.41) is 3.01. The number of rotatable bonds is 7. The third-order valence-corrected chi connectivity index (χ3v) is 5.84. The van der Waals surface area contributed by atoms with Gasteiger partial charge in [0, 0.05) is 42.9 Å². The maximum atomic E-state index is 12.8. The van der Waals surface area contributed by atoms with Crippen LogP contribution in [0.5, 0.6) is 17.2 Å². The monoisotopic (exact) mass is 446 g/mol. The van der Waals surface area contributed by atoms with E-state index in [1.54, 1.807) is 14.2 Å². The first-order valence-corrected chi connectivity index (χ1v) is 11.1. The van der Waals surface area contributed by atoms with Gasteiger partial charge in [0.2, 0.25) is 0 Å². The highest BCUT2D eigenvalue weighted by atomic mass is 16.5. The van der Waals surface area contributed by atoms with Crippen molar-refractivity contribution in [3.05, 3.63) is 88.5 Å². The summed E-state index contributed by atoms with van der Waals surface area (Å²) in [6, 6.07) is 19.6. The Morgan fingerprint density at radius 2 is 1.85 bits per heavy atom. The van der Waals surface area contributed by atoms with Gasteiger partial charge in [0.1, 0.15) is 23.9 Å². The van der Waals surface area contributed by atoms with Crippen LogP contribution in [-0.4, -0.2) is 38.2 Å². The Balaban J connectivity index is 1.47. The van der Waals surface area contributed by atoms with Crippen molar-refractivity contribution in [2.24, 2.45) is 0 Å². The topological polar surface area (TPSA) is 60.0 Å². The van der Waals surface area contributed by atoms with Crippen molar-refractivity contribution < 1.29 is 19.0 Å². The van der Waals surface area contributed by atoms with Crippen molar-refractivity contribution in [2.45, 2.75) is 26.6 Å². The molecule has 1 heterocycles. The predicted octanol–water partition coefficient (Wildman–Crippen LogP) is 4.34. The van der Waals surface area contributed by atoms with E-state index in [1.807, 2.05) is 67.6 Å². The Kier molecular flexibility index (Phi) is 7.15. The van der Waals surface area contributed by atoms with E-state index in [2.05, 4.69) is 10.2 Å². The molecule has 1 N–H and O–H groups in total. The first-order chi connectivity index (χ1) is 16.1. The van der Waals surface area contributed by atoms with E-state index in [1.165, 1.54) is 5.56 Å². The minimum Gasteiger partial charge on any atom is -0.497 e. The zero-order valence-electron chi connectivity index (χ0n) is 19.4. The Morgan fingerprint density at radius 1 is 1.03 bits per heavy atom. The van der Waals surface area contributed by atoms with Gasteiger partial charge in [-0.05, 0) is 48.9 Å². The molecule has 0 atom stereocenters. The standard InChI is InChI=1S/C27H30N2O4/c1-19-4-6-20(7-5-19)16-28-27(30)21-8-10-26-22(14-21)17-29(12-13-33-26)18-23-15-24(31-2)9-11-25(23)32-3/h4-11,14-15H,12-13,16-18H2,1-3H3,(H,28,30). The quantitative estimate of drug-likeness (QED) is 0.585. The second-order valence-electron chi connectivity index (χ2n) is 8.23. The van der Waals surface area contributed by atoms with Crippen LogP contribution >= 0.6 is 0 Å². The van der Waals surface area contributed by atoms with Gasteiger partial charge in [0.05, 0.1) is 14.2 Å². The van der Waals surface area contributed by atoms with E-state index in [0.717, 1.165) is 40.5 Å². The lowest BCUT2D eigenvalue weighted by molar-refractivity contribution is 0.0950. The zero-order chi connectivity index (χ0) is 23.2. The van der Waals surface area contributed by atoms with Gasteiger partial charge in [-0.15, -0.1) is 0 Å². The molecule has 3 aromatic rings. The van der Waals surface area contributed by atoms with Crippen molar-refractivity contribution in [1.82, 2.24) is 10.2 Å². The minimum absolute atomic E-state index is 0.0939. The molecule has 0 spiro atoms. The number of carbonyl (C=O) groups is 1. The maximum Gasteiger partial charge on any atom is 0.251 e. The summed E-state index contributed by atoms with van der Waals surface area (Å²) < 4.78 is 16.9. The van der Waals surface area contributed by atoms with Crippen LogP contribution in [0.1, 0.15) is 32.6 Å². The first-order valence-electron chi connectivity index (χ1n) is 11.1. The third-order valence-electron chi connectivity index (χ3n) is 5.84. The summed E-state index contributed by atoms with van der Waals surface area (Å²) in [6.07, 6.45) is 0. The molecule has 0 saturated carbocycles. The maximum absolute atomic E-state index is 12.8. The van der Waals surface area contributed by atoms with Crippen LogP contribution in [0, 0.1) is 6.92 Å². The number of aryl methyl sites for hydroxylation is 1. The molecule has 33 heavy (non-hydrogen) atoms. The third kappa shape index (κ3) is 5.65. The Morgan fingerprint density at radius 3 is 2.61 bits per heavy atom. The van der Waals surface area contributed by atoms with E-state index in [-0.39, 0.29) is 5.91 Å². The van der Waals surface area contributed by atoms with Gasteiger partial charge in [-0.25, -0.2) is 0 Å². The molecule has 1 amide bonds. The van der Waals surface area contributed by atoms with E-state index in [0.29, 0.717) is 31.8 Å². The lowest BCUT2D eigenvalue weighted by atomic mass is 10.1. The van der Waals surface area contributed by atoms with Crippen molar-refractivity contribution >= 4 is 5.91 Å².